The molecule has 2 N–H and O–H groups in total. The zero-order chi connectivity index (χ0) is 23.4. The first-order valence-electron chi connectivity index (χ1n) is 11.0. The summed E-state index contributed by atoms with van der Waals surface area (Å²) in [6.07, 6.45) is 1.91. The minimum atomic E-state index is -2.80. The number of fused-ring (bicyclic) bond motifs is 2. The number of hydrogen-bond acceptors (Lipinski definition) is 7. The molecule has 34 heavy (non-hydrogen) atoms. The van der Waals surface area contributed by atoms with Gasteiger partial charge in [-0.1, -0.05) is 6.07 Å². The summed E-state index contributed by atoms with van der Waals surface area (Å²) in [5.41, 5.74) is 0.538. The van der Waals surface area contributed by atoms with Gasteiger partial charge in [0.15, 0.2) is 5.58 Å². The third kappa shape index (κ3) is 3.59. The highest BCUT2D eigenvalue weighted by Crippen LogP contribution is 2.37. The van der Waals surface area contributed by atoms with Crippen LogP contribution in [0.4, 0.5) is 14.6 Å². The van der Waals surface area contributed by atoms with E-state index in [-0.39, 0.29) is 35.5 Å². The molecule has 1 aromatic carbocycles. The summed E-state index contributed by atoms with van der Waals surface area (Å²) in [7, 11) is 0. The van der Waals surface area contributed by atoms with Crippen LogP contribution in [0.3, 0.4) is 0 Å². The molecule has 2 aliphatic rings. The van der Waals surface area contributed by atoms with Crippen LogP contribution in [0.5, 0.6) is 0 Å². The average molecular weight is 466 g/mol. The molecule has 1 amide bonds. The molecule has 8 nitrogen and oxygen atoms in total. The Balaban J connectivity index is 1.45. The fourth-order valence-corrected chi connectivity index (χ4v) is 4.25. The zero-order valence-electron chi connectivity index (χ0n) is 17.9. The van der Waals surface area contributed by atoms with Gasteiger partial charge in [0.05, 0.1) is 12.2 Å². The summed E-state index contributed by atoms with van der Waals surface area (Å²) in [6.45, 7) is 0.670. The van der Waals surface area contributed by atoms with Crippen molar-refractivity contribution < 1.29 is 27.8 Å². The summed E-state index contributed by atoms with van der Waals surface area (Å²) in [4.78, 5) is 24.8. The zero-order valence-corrected chi connectivity index (χ0v) is 17.9. The molecule has 1 atom stereocenters. The Labute approximate surface area is 192 Å². The predicted octanol–water partition coefficient (Wildman–Crippen LogP) is 4.33. The van der Waals surface area contributed by atoms with Crippen molar-refractivity contribution in [3.05, 3.63) is 47.9 Å². The van der Waals surface area contributed by atoms with Gasteiger partial charge in [0.1, 0.15) is 22.6 Å². The van der Waals surface area contributed by atoms with Crippen molar-refractivity contribution in [2.75, 3.05) is 18.5 Å². The van der Waals surface area contributed by atoms with Crippen LogP contribution in [0, 0.1) is 5.92 Å². The molecule has 2 fully saturated rings. The van der Waals surface area contributed by atoms with Gasteiger partial charge in [-0.3, -0.25) is 9.78 Å². The van der Waals surface area contributed by atoms with Gasteiger partial charge in [0.2, 0.25) is 11.8 Å². The fourth-order valence-electron chi connectivity index (χ4n) is 4.25. The molecule has 6 rings (SSSR count). The molecule has 1 unspecified atom stereocenters. The third-order valence-electron chi connectivity index (χ3n) is 6.37. The SMILES string of the molecule is O=C(Nc1cc2c(-c3nc4ccc(C5(O)CCOC5)cc4o3)cnc(C(F)F)c2cn1)C1CC1. The van der Waals surface area contributed by atoms with E-state index in [1.807, 2.05) is 0 Å². The Hall–Kier alpha value is -3.50. The van der Waals surface area contributed by atoms with E-state index in [9.17, 15) is 18.7 Å². The lowest BCUT2D eigenvalue weighted by atomic mass is 9.93. The number of oxazole rings is 1. The minimum absolute atomic E-state index is 0.0302. The molecule has 10 heteroatoms. The number of pyridine rings is 2. The van der Waals surface area contributed by atoms with Crippen LogP contribution in [0.1, 0.15) is 36.9 Å². The first kappa shape index (κ1) is 21.1. The number of alkyl halides is 2. The van der Waals surface area contributed by atoms with Crippen LogP contribution < -0.4 is 5.32 Å². The summed E-state index contributed by atoms with van der Waals surface area (Å²) in [5, 5.41) is 14.1. The number of carbonyl (C=O) groups is 1. The second-order valence-electron chi connectivity index (χ2n) is 8.77. The molecule has 1 aliphatic carbocycles. The van der Waals surface area contributed by atoms with Crippen molar-refractivity contribution in [2.24, 2.45) is 5.92 Å². The predicted molar refractivity (Wildman–Crippen MR) is 118 cm³/mol. The summed E-state index contributed by atoms with van der Waals surface area (Å²) in [6, 6.07) is 6.76. The van der Waals surface area contributed by atoms with Gasteiger partial charge < -0.3 is 19.6 Å². The minimum Gasteiger partial charge on any atom is -0.436 e. The van der Waals surface area contributed by atoms with Gasteiger partial charge in [-0.2, -0.15) is 0 Å². The maximum atomic E-state index is 13.6. The lowest BCUT2D eigenvalue weighted by Crippen LogP contribution is -2.25. The lowest BCUT2D eigenvalue weighted by molar-refractivity contribution is -0.117. The average Bonchev–Trinajstić information content (AvgIpc) is 3.45. The maximum absolute atomic E-state index is 13.6. The highest BCUT2D eigenvalue weighted by molar-refractivity contribution is 6.00. The van der Waals surface area contributed by atoms with Crippen LogP contribution in [0.25, 0.3) is 33.3 Å². The Bertz CT molecular complexity index is 1430. The summed E-state index contributed by atoms with van der Waals surface area (Å²) < 4.78 is 38.6. The van der Waals surface area contributed by atoms with Gasteiger partial charge in [0, 0.05) is 42.1 Å². The molecule has 1 aliphatic heterocycles. The molecule has 1 saturated carbocycles. The van der Waals surface area contributed by atoms with Crippen LogP contribution >= 0.6 is 0 Å². The van der Waals surface area contributed by atoms with Gasteiger partial charge in [-0.25, -0.2) is 18.7 Å². The van der Waals surface area contributed by atoms with Crippen LogP contribution in [-0.4, -0.2) is 39.2 Å². The van der Waals surface area contributed by atoms with E-state index in [4.69, 9.17) is 9.15 Å². The second kappa shape index (κ2) is 7.78. The third-order valence-corrected chi connectivity index (χ3v) is 6.37. The van der Waals surface area contributed by atoms with Gasteiger partial charge in [-0.15, -0.1) is 0 Å². The first-order valence-corrected chi connectivity index (χ1v) is 11.0. The Kier molecular flexibility index (Phi) is 4.82. The molecule has 0 spiro atoms. The van der Waals surface area contributed by atoms with E-state index in [1.165, 1.54) is 18.5 Å². The molecule has 174 valence electrons. The Morgan fingerprint density at radius 2 is 2.03 bits per heavy atom. The van der Waals surface area contributed by atoms with Gasteiger partial charge in [0.25, 0.3) is 6.43 Å². The van der Waals surface area contributed by atoms with E-state index < -0.39 is 17.7 Å². The quantitative estimate of drug-likeness (QED) is 0.450. The largest absolute Gasteiger partial charge is 0.436 e. The number of anilines is 1. The highest BCUT2D eigenvalue weighted by Gasteiger charge is 2.35. The Morgan fingerprint density at radius 3 is 2.76 bits per heavy atom. The summed E-state index contributed by atoms with van der Waals surface area (Å²) in [5.74, 6) is 0.279. The topological polar surface area (TPSA) is 110 Å². The second-order valence-corrected chi connectivity index (χ2v) is 8.77. The molecule has 1 saturated heterocycles. The van der Waals surface area contributed by atoms with Crippen molar-refractivity contribution >= 4 is 33.6 Å². The number of benzene rings is 1. The number of aliphatic hydroxyl groups is 1. The fraction of sp³-hybridized carbons (Fsp3) is 0.333. The van der Waals surface area contributed by atoms with Crippen molar-refractivity contribution in [2.45, 2.75) is 31.3 Å². The molecule has 3 aromatic heterocycles. The molecule has 4 heterocycles. The van der Waals surface area contributed by atoms with E-state index in [1.54, 1.807) is 18.2 Å². The number of hydrogen-bond donors (Lipinski definition) is 2. The number of amides is 1. The van der Waals surface area contributed by atoms with Crippen molar-refractivity contribution in [3.8, 4) is 11.5 Å². The molecular formula is C24H20F2N4O4. The summed E-state index contributed by atoms with van der Waals surface area (Å²) >= 11 is 0. The molecule has 0 bridgehead atoms. The number of rotatable bonds is 5. The van der Waals surface area contributed by atoms with Gasteiger partial charge >= 0.3 is 0 Å². The lowest BCUT2D eigenvalue weighted by Gasteiger charge is -2.20. The maximum Gasteiger partial charge on any atom is 0.281 e. The van der Waals surface area contributed by atoms with Crippen LogP contribution in [0.15, 0.2) is 41.1 Å². The van der Waals surface area contributed by atoms with E-state index in [2.05, 4.69) is 20.3 Å². The van der Waals surface area contributed by atoms with Crippen LogP contribution in [-0.2, 0) is 15.1 Å². The molecule has 4 aromatic rings. The normalized spacial score (nSPS) is 20.5. The molecule has 0 radical (unpaired) electrons. The van der Waals surface area contributed by atoms with Crippen LogP contribution in [0.2, 0.25) is 0 Å². The monoisotopic (exact) mass is 466 g/mol. The smallest absolute Gasteiger partial charge is 0.281 e. The van der Waals surface area contributed by atoms with Crippen molar-refractivity contribution in [1.82, 2.24) is 15.0 Å². The number of nitrogens with one attached hydrogen (secondary N) is 1. The first-order chi connectivity index (χ1) is 16.4. The van der Waals surface area contributed by atoms with E-state index >= 15 is 0 Å². The number of halogens is 2. The number of nitrogens with zero attached hydrogens (tertiary/aromatic N) is 3. The standard InChI is InChI=1S/C24H20F2N4O4/c25-21(26)20-15-9-27-19(30-22(31)12-1-2-12)8-14(15)16(10-28-20)23-29-17-4-3-13(7-18(17)34-23)24(32)5-6-33-11-24/h3-4,7-10,12,21,32H,1-2,5-6,11H2,(H,27,30,31). The van der Waals surface area contributed by atoms with Gasteiger partial charge in [-0.05, 0) is 36.6 Å². The highest BCUT2D eigenvalue weighted by atomic mass is 19.3. The number of carbonyl (C=O) groups excluding carboxylic acids is 1. The number of aromatic nitrogens is 3. The Morgan fingerprint density at radius 1 is 1.18 bits per heavy atom. The van der Waals surface area contributed by atoms with Crippen molar-refractivity contribution in [1.29, 1.82) is 0 Å². The number of ether oxygens (including phenoxy) is 1. The molecular weight excluding hydrogens is 446 g/mol. The van der Waals surface area contributed by atoms with Crippen molar-refractivity contribution in [3.63, 3.8) is 0 Å². The van der Waals surface area contributed by atoms with E-state index in [0.29, 0.717) is 40.6 Å². The van der Waals surface area contributed by atoms with E-state index in [0.717, 1.165) is 12.8 Å².